The van der Waals surface area contributed by atoms with Gasteiger partial charge in [0.25, 0.3) is 0 Å². The molecule has 0 aliphatic carbocycles. The van der Waals surface area contributed by atoms with Gasteiger partial charge < -0.3 is 9.84 Å². The average molecular weight is 376 g/mol. The molecule has 0 radical (unpaired) electrons. The van der Waals surface area contributed by atoms with E-state index in [4.69, 9.17) is 27.9 Å². The van der Waals surface area contributed by atoms with Gasteiger partial charge >= 0.3 is 0 Å². The molecule has 2 aromatic carbocycles. The van der Waals surface area contributed by atoms with Crippen molar-refractivity contribution >= 4 is 23.2 Å². The van der Waals surface area contributed by atoms with E-state index < -0.39 is 5.60 Å². The zero-order chi connectivity index (χ0) is 17.9. The number of nitrogens with zero attached hydrogens (tertiary/aromatic N) is 3. The smallest absolute Gasteiger partial charge is 0.137 e. The molecule has 1 unspecified atom stereocenters. The summed E-state index contributed by atoms with van der Waals surface area (Å²) in [5.74, 6) is 1.18. The summed E-state index contributed by atoms with van der Waals surface area (Å²) in [7, 11) is 0. The Hall–Kier alpha value is -2.34. The van der Waals surface area contributed by atoms with Crippen LogP contribution in [0, 0.1) is 0 Å². The maximum Gasteiger partial charge on any atom is 0.137 e. The van der Waals surface area contributed by atoms with Gasteiger partial charge in [0, 0.05) is 10.6 Å². The van der Waals surface area contributed by atoms with Crippen molar-refractivity contribution < 1.29 is 9.84 Å². The highest BCUT2D eigenvalue weighted by atomic mass is 35.5. The predicted molar refractivity (Wildman–Crippen MR) is 97.1 cm³/mol. The predicted octanol–water partition coefficient (Wildman–Crippen LogP) is 4.45. The van der Waals surface area contributed by atoms with E-state index in [0.717, 1.165) is 0 Å². The molecule has 0 saturated heterocycles. The van der Waals surface area contributed by atoms with E-state index in [0.29, 0.717) is 27.1 Å². The first kappa shape index (κ1) is 17.5. The second kappa shape index (κ2) is 7.27. The summed E-state index contributed by atoms with van der Waals surface area (Å²) in [6.45, 7) is 3.86. The lowest BCUT2D eigenvalue weighted by Gasteiger charge is -2.26. The first-order valence-corrected chi connectivity index (χ1v) is 8.17. The van der Waals surface area contributed by atoms with Crippen LogP contribution in [0.3, 0.4) is 0 Å². The van der Waals surface area contributed by atoms with Crippen molar-refractivity contribution in [3.63, 3.8) is 0 Å². The molecule has 1 atom stereocenters. The largest absolute Gasteiger partial charge is 0.457 e. The first-order valence-electron chi connectivity index (χ1n) is 7.42. The summed E-state index contributed by atoms with van der Waals surface area (Å²) in [6, 6.07) is 12.1. The van der Waals surface area contributed by atoms with Crippen LogP contribution in [-0.2, 0) is 12.1 Å². The highest BCUT2D eigenvalue weighted by Gasteiger charge is 2.29. The van der Waals surface area contributed by atoms with Crippen LogP contribution in [0.25, 0.3) is 0 Å². The van der Waals surface area contributed by atoms with Crippen molar-refractivity contribution in [1.82, 2.24) is 14.8 Å². The van der Waals surface area contributed by atoms with E-state index in [9.17, 15) is 5.11 Å². The van der Waals surface area contributed by atoms with Crippen molar-refractivity contribution in [3.8, 4) is 11.5 Å². The molecule has 0 aliphatic heterocycles. The van der Waals surface area contributed by atoms with E-state index in [-0.39, 0.29) is 6.54 Å². The molecule has 3 rings (SSSR count). The molecule has 7 heteroatoms. The zero-order valence-corrected chi connectivity index (χ0v) is 14.7. The molecule has 1 heterocycles. The maximum absolute atomic E-state index is 10.9. The summed E-state index contributed by atoms with van der Waals surface area (Å²) in [4.78, 5) is 3.87. The van der Waals surface area contributed by atoms with Gasteiger partial charge in [0.2, 0.25) is 0 Å². The lowest BCUT2D eigenvalue weighted by molar-refractivity contribution is 0.0660. The number of rotatable bonds is 6. The van der Waals surface area contributed by atoms with Gasteiger partial charge in [-0.3, -0.25) is 0 Å². The molecule has 0 bridgehead atoms. The lowest BCUT2D eigenvalue weighted by atomic mass is 9.93. The van der Waals surface area contributed by atoms with E-state index >= 15 is 0 Å². The monoisotopic (exact) mass is 375 g/mol. The Morgan fingerprint density at radius 2 is 1.88 bits per heavy atom. The normalized spacial score (nSPS) is 13.2. The van der Waals surface area contributed by atoms with Crippen molar-refractivity contribution in [2.75, 3.05) is 0 Å². The SMILES string of the molecule is C=CC(O)(Cn1cncn1)c1ccc(Oc2ccc(Cl)cc2)cc1Cl. The molecule has 3 aromatic rings. The molecule has 0 spiro atoms. The molecule has 0 saturated carbocycles. The van der Waals surface area contributed by atoms with Crippen molar-refractivity contribution in [2.45, 2.75) is 12.1 Å². The van der Waals surface area contributed by atoms with Crippen LogP contribution in [0.2, 0.25) is 10.0 Å². The Balaban J connectivity index is 1.85. The number of aromatic nitrogens is 3. The minimum Gasteiger partial charge on any atom is -0.457 e. The molecule has 128 valence electrons. The highest BCUT2D eigenvalue weighted by molar-refractivity contribution is 6.31. The quantitative estimate of drug-likeness (QED) is 0.646. The summed E-state index contributed by atoms with van der Waals surface area (Å²) < 4.78 is 7.25. The van der Waals surface area contributed by atoms with Crippen molar-refractivity contribution in [2.24, 2.45) is 0 Å². The van der Waals surface area contributed by atoms with Gasteiger partial charge in [-0.05, 0) is 36.4 Å². The second-order valence-corrected chi connectivity index (χ2v) is 6.26. The van der Waals surface area contributed by atoms with Crippen LogP contribution >= 0.6 is 23.2 Å². The lowest BCUT2D eigenvalue weighted by Crippen LogP contribution is -2.29. The third-order valence-corrected chi connectivity index (χ3v) is 4.23. The minimum atomic E-state index is -1.39. The molecule has 0 fully saturated rings. The highest BCUT2D eigenvalue weighted by Crippen LogP contribution is 2.34. The number of hydrogen-bond acceptors (Lipinski definition) is 4. The molecule has 0 amide bonds. The minimum absolute atomic E-state index is 0.146. The molecular weight excluding hydrogens is 361 g/mol. The number of aliphatic hydroxyl groups is 1. The molecule has 1 N–H and O–H groups in total. The van der Waals surface area contributed by atoms with E-state index in [1.54, 1.807) is 42.5 Å². The molecular formula is C18H15Cl2N3O2. The summed E-state index contributed by atoms with van der Waals surface area (Å²) in [5.41, 5.74) is -0.882. The van der Waals surface area contributed by atoms with Crippen LogP contribution in [0.15, 0.2) is 67.8 Å². The summed E-state index contributed by atoms with van der Waals surface area (Å²) >= 11 is 12.2. The number of hydrogen-bond donors (Lipinski definition) is 1. The topological polar surface area (TPSA) is 60.2 Å². The van der Waals surface area contributed by atoms with E-state index in [2.05, 4.69) is 16.7 Å². The van der Waals surface area contributed by atoms with Gasteiger partial charge in [-0.1, -0.05) is 41.9 Å². The van der Waals surface area contributed by atoms with Gasteiger partial charge in [-0.25, -0.2) is 9.67 Å². The fourth-order valence-electron chi connectivity index (χ4n) is 2.37. The standard InChI is InChI=1S/C18H15Cl2N3O2/c1-2-18(24,10-23-12-21-11-22-23)16-8-7-15(9-17(16)20)25-14-5-3-13(19)4-6-14/h2-9,11-12,24H,1,10H2. The van der Waals surface area contributed by atoms with Crippen molar-refractivity contribution in [3.05, 3.63) is 83.4 Å². The third-order valence-electron chi connectivity index (χ3n) is 3.66. The number of ether oxygens (including phenoxy) is 1. The molecule has 0 aliphatic rings. The Labute approximate surface area is 155 Å². The fourth-order valence-corrected chi connectivity index (χ4v) is 2.83. The molecule has 1 aromatic heterocycles. The Kier molecular flexibility index (Phi) is 5.08. The van der Waals surface area contributed by atoms with Gasteiger partial charge in [0.1, 0.15) is 29.8 Å². The van der Waals surface area contributed by atoms with E-state index in [1.807, 2.05) is 0 Å². The number of benzene rings is 2. The second-order valence-electron chi connectivity index (χ2n) is 5.42. The van der Waals surface area contributed by atoms with Gasteiger partial charge in [0.05, 0.1) is 11.6 Å². The van der Waals surface area contributed by atoms with Crippen LogP contribution in [0.1, 0.15) is 5.56 Å². The average Bonchev–Trinajstić information content (AvgIpc) is 3.09. The molecule has 5 nitrogen and oxygen atoms in total. The third kappa shape index (κ3) is 4.02. The first-order chi connectivity index (χ1) is 12.0. The van der Waals surface area contributed by atoms with Gasteiger partial charge in [0.15, 0.2) is 0 Å². The Morgan fingerprint density at radius 1 is 1.16 bits per heavy atom. The van der Waals surface area contributed by atoms with Crippen LogP contribution in [0.5, 0.6) is 11.5 Å². The van der Waals surface area contributed by atoms with E-state index in [1.165, 1.54) is 23.4 Å². The number of halogens is 2. The maximum atomic E-state index is 10.9. The zero-order valence-electron chi connectivity index (χ0n) is 13.1. The van der Waals surface area contributed by atoms with Gasteiger partial charge in [-0.15, -0.1) is 0 Å². The fraction of sp³-hybridized carbons (Fsp3) is 0.111. The van der Waals surface area contributed by atoms with Crippen molar-refractivity contribution in [1.29, 1.82) is 0 Å². The van der Waals surface area contributed by atoms with Gasteiger partial charge in [-0.2, -0.15) is 5.10 Å². The van der Waals surface area contributed by atoms with Crippen LogP contribution in [0.4, 0.5) is 0 Å². The Bertz CT molecular complexity index is 867. The van der Waals surface area contributed by atoms with Crippen LogP contribution in [-0.4, -0.2) is 19.9 Å². The van der Waals surface area contributed by atoms with Crippen LogP contribution < -0.4 is 4.74 Å². The summed E-state index contributed by atoms with van der Waals surface area (Å²) in [5, 5.41) is 15.9. The Morgan fingerprint density at radius 3 is 2.48 bits per heavy atom. The molecule has 25 heavy (non-hydrogen) atoms. The summed E-state index contributed by atoms with van der Waals surface area (Å²) in [6.07, 6.45) is 4.34.